The Morgan fingerprint density at radius 3 is 2.40 bits per heavy atom. The van der Waals surface area contributed by atoms with Crippen LogP contribution >= 0.6 is 0 Å². The van der Waals surface area contributed by atoms with Gasteiger partial charge in [0.25, 0.3) is 5.91 Å². The Kier molecular flexibility index (Phi) is 6.17. The number of unbranched alkanes of at least 4 members (excludes halogenated alkanes) is 1. The zero-order valence-corrected chi connectivity index (χ0v) is 15.1. The van der Waals surface area contributed by atoms with E-state index in [1.165, 1.54) is 30.9 Å². The van der Waals surface area contributed by atoms with Crippen LogP contribution in [0.1, 0.15) is 35.7 Å². The van der Waals surface area contributed by atoms with Gasteiger partial charge in [-0.25, -0.2) is 13.6 Å². The van der Waals surface area contributed by atoms with Gasteiger partial charge in [-0.2, -0.15) is 0 Å². The number of hydrogen-bond donors (Lipinski definition) is 2. The third kappa shape index (κ3) is 5.04. The number of anilines is 1. The molecule has 3 N–H and O–H groups in total. The second-order valence-corrected chi connectivity index (χ2v) is 7.22. The third-order valence-electron chi connectivity index (χ3n) is 3.77. The number of rotatable bonds is 7. The molecule has 0 unspecified atom stereocenters. The number of methoxy groups -OCH3 is 1. The van der Waals surface area contributed by atoms with Gasteiger partial charge in [0.05, 0.1) is 17.6 Å². The highest BCUT2D eigenvalue weighted by atomic mass is 32.2. The average molecular weight is 362 g/mol. The summed E-state index contributed by atoms with van der Waals surface area (Å²) < 4.78 is 28.1. The molecule has 0 aliphatic rings. The molecule has 0 aliphatic heterocycles. The number of amides is 1. The zero-order valence-electron chi connectivity index (χ0n) is 14.3. The first kappa shape index (κ1) is 19.0. The maximum absolute atomic E-state index is 12.5. The van der Waals surface area contributed by atoms with E-state index < -0.39 is 15.9 Å². The summed E-state index contributed by atoms with van der Waals surface area (Å²) in [5, 5.41) is 7.87. The van der Waals surface area contributed by atoms with Crippen LogP contribution in [0.2, 0.25) is 0 Å². The molecule has 0 fully saturated rings. The fourth-order valence-corrected chi connectivity index (χ4v) is 2.92. The molecule has 0 spiro atoms. The number of primary sulfonamides is 1. The van der Waals surface area contributed by atoms with Crippen molar-refractivity contribution < 1.29 is 17.9 Å². The Hall–Kier alpha value is -2.38. The molecule has 0 atom stereocenters. The van der Waals surface area contributed by atoms with Crippen molar-refractivity contribution in [2.24, 2.45) is 5.14 Å². The smallest absolute Gasteiger partial charge is 0.259 e. The zero-order chi connectivity index (χ0) is 18.4. The van der Waals surface area contributed by atoms with Crippen molar-refractivity contribution in [2.75, 3.05) is 12.4 Å². The van der Waals surface area contributed by atoms with Crippen LogP contribution in [-0.2, 0) is 16.4 Å². The minimum atomic E-state index is -3.91. The molecule has 0 saturated heterocycles. The van der Waals surface area contributed by atoms with E-state index in [0.29, 0.717) is 5.69 Å². The highest BCUT2D eigenvalue weighted by Crippen LogP contribution is 2.23. The summed E-state index contributed by atoms with van der Waals surface area (Å²) in [6.07, 6.45) is 3.23. The summed E-state index contributed by atoms with van der Waals surface area (Å²) >= 11 is 0. The molecule has 134 valence electrons. The molecular formula is C18H22N2O4S. The molecule has 6 nitrogen and oxygen atoms in total. The summed E-state index contributed by atoms with van der Waals surface area (Å²) in [6.45, 7) is 2.14. The minimum absolute atomic E-state index is 0.101. The number of aryl methyl sites for hydroxylation is 1. The SMILES string of the molecule is CCCCc1ccc(NC(=O)c2cc(S(N)(=O)=O)ccc2OC)cc1. The van der Waals surface area contributed by atoms with Crippen molar-refractivity contribution in [1.29, 1.82) is 0 Å². The van der Waals surface area contributed by atoms with E-state index in [0.717, 1.165) is 19.3 Å². The Labute approximate surface area is 148 Å². The summed E-state index contributed by atoms with van der Waals surface area (Å²) in [7, 11) is -2.50. The van der Waals surface area contributed by atoms with Gasteiger partial charge in [0.1, 0.15) is 5.75 Å². The Bertz CT molecular complexity index is 846. The maximum Gasteiger partial charge on any atom is 0.259 e. The Balaban J connectivity index is 2.22. The number of nitrogens with one attached hydrogen (secondary N) is 1. The molecule has 1 amide bonds. The van der Waals surface area contributed by atoms with E-state index in [4.69, 9.17) is 9.88 Å². The van der Waals surface area contributed by atoms with Crippen molar-refractivity contribution in [3.63, 3.8) is 0 Å². The molecule has 7 heteroatoms. The molecule has 0 bridgehead atoms. The van der Waals surface area contributed by atoms with Crippen LogP contribution in [0.3, 0.4) is 0 Å². The fourth-order valence-electron chi connectivity index (χ4n) is 2.38. The topological polar surface area (TPSA) is 98.5 Å². The summed E-state index contributed by atoms with van der Waals surface area (Å²) in [5.74, 6) is -0.201. The lowest BCUT2D eigenvalue weighted by Gasteiger charge is -2.11. The van der Waals surface area contributed by atoms with Crippen LogP contribution in [0.4, 0.5) is 5.69 Å². The first-order valence-corrected chi connectivity index (χ1v) is 9.51. The minimum Gasteiger partial charge on any atom is -0.496 e. The maximum atomic E-state index is 12.5. The van der Waals surface area contributed by atoms with Crippen LogP contribution < -0.4 is 15.2 Å². The lowest BCUT2D eigenvalue weighted by atomic mass is 10.1. The number of carbonyl (C=O) groups is 1. The lowest BCUT2D eigenvalue weighted by molar-refractivity contribution is 0.102. The number of hydrogen-bond acceptors (Lipinski definition) is 4. The number of carbonyl (C=O) groups excluding carboxylic acids is 1. The van der Waals surface area contributed by atoms with Crippen LogP contribution in [0, 0.1) is 0 Å². The summed E-state index contributed by atoms with van der Waals surface area (Å²) in [4.78, 5) is 12.4. The van der Waals surface area contributed by atoms with Crippen LogP contribution in [0.5, 0.6) is 5.75 Å². The van der Waals surface area contributed by atoms with Gasteiger partial charge < -0.3 is 10.1 Å². The monoisotopic (exact) mass is 362 g/mol. The number of sulfonamides is 1. The van der Waals surface area contributed by atoms with Gasteiger partial charge in [0.15, 0.2) is 0 Å². The van der Waals surface area contributed by atoms with E-state index in [9.17, 15) is 13.2 Å². The predicted molar refractivity (Wildman–Crippen MR) is 97.4 cm³/mol. The van der Waals surface area contributed by atoms with Gasteiger partial charge in [0, 0.05) is 5.69 Å². The summed E-state index contributed by atoms with van der Waals surface area (Å²) in [5.41, 5.74) is 1.92. The second kappa shape index (κ2) is 8.13. The van der Waals surface area contributed by atoms with Gasteiger partial charge in [-0.3, -0.25) is 4.79 Å². The predicted octanol–water partition coefficient (Wildman–Crippen LogP) is 2.94. The first-order chi connectivity index (χ1) is 11.8. The normalized spacial score (nSPS) is 11.2. The standard InChI is InChI=1S/C18H22N2O4S/c1-3-4-5-13-6-8-14(9-7-13)20-18(21)16-12-15(25(19,22)23)10-11-17(16)24-2/h6-12H,3-5H2,1-2H3,(H,20,21)(H2,19,22,23). The molecule has 2 aromatic carbocycles. The largest absolute Gasteiger partial charge is 0.496 e. The van der Waals surface area contributed by atoms with Crippen LogP contribution in [0.15, 0.2) is 47.4 Å². The molecule has 0 radical (unpaired) electrons. The van der Waals surface area contributed by atoms with E-state index >= 15 is 0 Å². The van der Waals surface area contributed by atoms with Gasteiger partial charge in [-0.15, -0.1) is 0 Å². The molecule has 0 aromatic heterocycles. The average Bonchev–Trinajstić information content (AvgIpc) is 2.59. The molecule has 2 rings (SSSR count). The fraction of sp³-hybridized carbons (Fsp3) is 0.278. The second-order valence-electron chi connectivity index (χ2n) is 5.66. The Morgan fingerprint density at radius 1 is 1.16 bits per heavy atom. The number of nitrogens with two attached hydrogens (primary N) is 1. The molecule has 2 aromatic rings. The molecule has 0 aliphatic carbocycles. The van der Waals surface area contributed by atoms with Crippen molar-refractivity contribution in [3.05, 3.63) is 53.6 Å². The van der Waals surface area contributed by atoms with E-state index in [1.807, 2.05) is 24.3 Å². The van der Waals surface area contributed by atoms with E-state index in [2.05, 4.69) is 12.2 Å². The van der Waals surface area contributed by atoms with E-state index in [-0.39, 0.29) is 16.2 Å². The quantitative estimate of drug-likeness (QED) is 0.791. The highest BCUT2D eigenvalue weighted by Gasteiger charge is 2.17. The van der Waals surface area contributed by atoms with Gasteiger partial charge in [0.2, 0.25) is 10.0 Å². The molecule has 25 heavy (non-hydrogen) atoms. The number of benzene rings is 2. The third-order valence-corrected chi connectivity index (χ3v) is 4.69. The van der Waals surface area contributed by atoms with Gasteiger partial charge in [-0.05, 0) is 48.7 Å². The highest BCUT2D eigenvalue weighted by molar-refractivity contribution is 7.89. The van der Waals surface area contributed by atoms with E-state index in [1.54, 1.807) is 0 Å². The van der Waals surface area contributed by atoms with Crippen molar-refractivity contribution in [3.8, 4) is 5.75 Å². The van der Waals surface area contributed by atoms with Gasteiger partial charge in [-0.1, -0.05) is 25.5 Å². The first-order valence-electron chi connectivity index (χ1n) is 7.96. The molecule has 0 saturated carbocycles. The van der Waals surface area contributed by atoms with Crippen LogP contribution in [-0.4, -0.2) is 21.4 Å². The van der Waals surface area contributed by atoms with Crippen molar-refractivity contribution >= 4 is 21.6 Å². The molecule has 0 heterocycles. The van der Waals surface area contributed by atoms with Crippen molar-refractivity contribution in [1.82, 2.24) is 0 Å². The number of ether oxygens (including phenoxy) is 1. The van der Waals surface area contributed by atoms with Crippen molar-refractivity contribution in [2.45, 2.75) is 31.1 Å². The summed E-state index contributed by atoms with van der Waals surface area (Å²) in [6, 6.07) is 11.5. The molecular weight excluding hydrogens is 340 g/mol. The van der Waals surface area contributed by atoms with Gasteiger partial charge >= 0.3 is 0 Å². The van der Waals surface area contributed by atoms with Crippen LogP contribution in [0.25, 0.3) is 0 Å². The Morgan fingerprint density at radius 2 is 1.84 bits per heavy atom. The lowest BCUT2D eigenvalue weighted by Crippen LogP contribution is -2.16.